The van der Waals surface area contributed by atoms with Crippen LogP contribution in [0.2, 0.25) is 0 Å². The summed E-state index contributed by atoms with van der Waals surface area (Å²) in [6, 6.07) is 16.2. The number of hydrogen-bond donors (Lipinski definition) is 3. The van der Waals surface area contributed by atoms with Crippen molar-refractivity contribution in [1.82, 2.24) is 4.90 Å². The fourth-order valence-electron chi connectivity index (χ4n) is 3.57. The molecule has 0 bridgehead atoms. The number of benzene rings is 2. The summed E-state index contributed by atoms with van der Waals surface area (Å²) in [5.41, 5.74) is 8.35. The molecule has 170 valence electrons. The van der Waals surface area contributed by atoms with Gasteiger partial charge in [-0.2, -0.15) is 0 Å². The van der Waals surface area contributed by atoms with Gasteiger partial charge >= 0.3 is 0 Å². The third kappa shape index (κ3) is 9.27. The summed E-state index contributed by atoms with van der Waals surface area (Å²) in [7, 11) is 0. The topological polar surface area (TPSA) is 87.5 Å². The van der Waals surface area contributed by atoms with E-state index in [9.17, 15) is 9.59 Å². The van der Waals surface area contributed by atoms with Crippen LogP contribution in [0, 0.1) is 0 Å². The van der Waals surface area contributed by atoms with E-state index >= 15 is 0 Å². The number of anilines is 2. The average molecular weight is 467 g/mol. The van der Waals surface area contributed by atoms with Crippen molar-refractivity contribution in [2.24, 2.45) is 5.73 Å². The minimum atomic E-state index is -0.640. The van der Waals surface area contributed by atoms with Crippen LogP contribution in [0.1, 0.15) is 31.2 Å². The van der Waals surface area contributed by atoms with Crippen LogP contribution in [-0.4, -0.2) is 42.4 Å². The number of nitrogens with one attached hydrogen (secondary N) is 2. The molecule has 1 heterocycles. The van der Waals surface area contributed by atoms with Crippen LogP contribution in [0.25, 0.3) is 0 Å². The highest BCUT2D eigenvalue weighted by atomic mass is 35.5. The minimum Gasteiger partial charge on any atom is -0.325 e. The Hall–Kier alpha value is -2.12. The number of nitrogens with zero attached hydrogens (tertiary/aromatic N) is 1. The summed E-state index contributed by atoms with van der Waals surface area (Å²) in [5, 5.41) is 5.77. The molecule has 6 nitrogen and oxygen atoms in total. The monoisotopic (exact) mass is 466 g/mol. The Morgan fingerprint density at radius 3 is 2.13 bits per heavy atom. The molecule has 4 N–H and O–H groups in total. The Balaban J connectivity index is 0.00000240. The van der Waals surface area contributed by atoms with E-state index in [0.717, 1.165) is 31.5 Å². The van der Waals surface area contributed by atoms with Crippen molar-refractivity contribution in [1.29, 1.82) is 0 Å². The number of halogens is 2. The van der Waals surface area contributed by atoms with Crippen LogP contribution < -0.4 is 16.4 Å². The molecule has 0 spiro atoms. The van der Waals surface area contributed by atoms with Crippen LogP contribution in [0.5, 0.6) is 0 Å². The quantitative estimate of drug-likeness (QED) is 0.577. The molecule has 1 aliphatic heterocycles. The predicted octanol–water partition coefficient (Wildman–Crippen LogP) is 3.85. The van der Waals surface area contributed by atoms with E-state index in [1.54, 1.807) is 18.2 Å². The molecule has 0 saturated carbocycles. The number of carbonyl (C=O) groups is 2. The van der Waals surface area contributed by atoms with E-state index < -0.39 is 6.04 Å². The normalized spacial score (nSPS) is 14.9. The zero-order valence-corrected chi connectivity index (χ0v) is 19.2. The van der Waals surface area contributed by atoms with Gasteiger partial charge in [0.25, 0.3) is 0 Å². The molecule has 8 heteroatoms. The zero-order valence-electron chi connectivity index (χ0n) is 17.6. The summed E-state index contributed by atoms with van der Waals surface area (Å²) in [6.45, 7) is 2.35. The van der Waals surface area contributed by atoms with Gasteiger partial charge in [-0.15, -0.1) is 24.8 Å². The highest BCUT2D eigenvalue weighted by molar-refractivity contribution is 5.96. The van der Waals surface area contributed by atoms with Gasteiger partial charge in [0.2, 0.25) is 11.8 Å². The maximum atomic E-state index is 12.4. The Morgan fingerprint density at radius 1 is 0.871 bits per heavy atom. The van der Waals surface area contributed by atoms with Gasteiger partial charge in [0, 0.05) is 11.4 Å². The molecule has 0 radical (unpaired) electrons. The predicted molar refractivity (Wildman–Crippen MR) is 131 cm³/mol. The molecule has 3 rings (SSSR count). The van der Waals surface area contributed by atoms with Gasteiger partial charge in [-0.05, 0) is 56.1 Å². The molecule has 1 fully saturated rings. The van der Waals surface area contributed by atoms with Gasteiger partial charge in [0.1, 0.15) is 0 Å². The molecule has 1 saturated heterocycles. The molecular formula is C23H32Cl2N4O2. The third-order valence-corrected chi connectivity index (χ3v) is 5.11. The Morgan fingerprint density at radius 2 is 1.48 bits per heavy atom. The van der Waals surface area contributed by atoms with Crippen LogP contribution >= 0.6 is 24.8 Å². The summed E-state index contributed by atoms with van der Waals surface area (Å²) >= 11 is 0. The standard InChI is InChI=1S/C23H30N4O2.2ClH/c24-21(15-18-9-4-3-5-10-18)23(29)26-20-12-8-11-19(16-20)25-22(28)17-27-13-6-1-2-7-14-27;;/h3-5,8-12,16,21H,1-2,6-7,13-15,17,24H2,(H,25,28)(H,26,29);2*1H. The Bertz CT molecular complexity index is 812. The summed E-state index contributed by atoms with van der Waals surface area (Å²) in [4.78, 5) is 27.0. The van der Waals surface area contributed by atoms with Crippen molar-refractivity contribution in [3.05, 3.63) is 60.2 Å². The molecule has 0 aromatic heterocycles. The van der Waals surface area contributed by atoms with E-state index in [-0.39, 0.29) is 36.6 Å². The molecule has 0 aliphatic carbocycles. The molecule has 2 aromatic rings. The lowest BCUT2D eigenvalue weighted by Gasteiger charge is -2.19. The highest BCUT2D eigenvalue weighted by Gasteiger charge is 2.15. The summed E-state index contributed by atoms with van der Waals surface area (Å²) < 4.78 is 0. The number of hydrogen-bond acceptors (Lipinski definition) is 4. The molecule has 2 amide bonds. The van der Waals surface area contributed by atoms with Crippen LogP contribution in [-0.2, 0) is 16.0 Å². The second kappa shape index (κ2) is 14.0. The third-order valence-electron chi connectivity index (χ3n) is 5.11. The lowest BCUT2D eigenvalue weighted by atomic mass is 10.1. The van der Waals surface area contributed by atoms with Crippen molar-refractivity contribution in [3.8, 4) is 0 Å². The van der Waals surface area contributed by atoms with Crippen LogP contribution in [0.3, 0.4) is 0 Å². The van der Waals surface area contributed by atoms with Crippen LogP contribution in [0.4, 0.5) is 11.4 Å². The number of amides is 2. The van der Waals surface area contributed by atoms with Crippen molar-refractivity contribution in [3.63, 3.8) is 0 Å². The molecule has 1 unspecified atom stereocenters. The number of rotatable bonds is 7. The highest BCUT2D eigenvalue weighted by Crippen LogP contribution is 2.16. The number of nitrogens with two attached hydrogens (primary N) is 1. The number of carbonyl (C=O) groups excluding carboxylic acids is 2. The van der Waals surface area contributed by atoms with Gasteiger partial charge in [-0.3, -0.25) is 14.5 Å². The fraction of sp³-hybridized carbons (Fsp3) is 0.391. The zero-order chi connectivity index (χ0) is 20.5. The molecule has 1 aliphatic rings. The van der Waals surface area contributed by atoms with Crippen molar-refractivity contribution in [2.45, 2.75) is 38.1 Å². The van der Waals surface area contributed by atoms with E-state index in [1.165, 1.54) is 12.8 Å². The van der Waals surface area contributed by atoms with Gasteiger partial charge < -0.3 is 16.4 Å². The minimum absolute atomic E-state index is 0. The van der Waals surface area contributed by atoms with E-state index in [2.05, 4.69) is 15.5 Å². The van der Waals surface area contributed by atoms with Crippen molar-refractivity contribution >= 4 is 48.0 Å². The SMILES string of the molecule is Cl.Cl.NC(Cc1ccccc1)C(=O)Nc1cccc(NC(=O)CN2CCCCCC2)c1. The molecule has 1 atom stereocenters. The molecule has 2 aromatic carbocycles. The molecule has 31 heavy (non-hydrogen) atoms. The summed E-state index contributed by atoms with van der Waals surface area (Å²) in [6.07, 6.45) is 5.26. The second-order valence-corrected chi connectivity index (χ2v) is 7.60. The van der Waals surface area contributed by atoms with Gasteiger partial charge in [0.15, 0.2) is 0 Å². The first-order valence-electron chi connectivity index (χ1n) is 10.3. The van der Waals surface area contributed by atoms with Crippen molar-refractivity contribution < 1.29 is 9.59 Å². The van der Waals surface area contributed by atoms with Gasteiger partial charge in [-0.1, -0.05) is 49.2 Å². The smallest absolute Gasteiger partial charge is 0.241 e. The lowest BCUT2D eigenvalue weighted by molar-refractivity contribution is -0.118. The van der Waals surface area contributed by atoms with Gasteiger partial charge in [-0.25, -0.2) is 0 Å². The van der Waals surface area contributed by atoms with Gasteiger partial charge in [0.05, 0.1) is 12.6 Å². The summed E-state index contributed by atoms with van der Waals surface area (Å²) in [5.74, 6) is -0.280. The first-order valence-corrected chi connectivity index (χ1v) is 10.3. The first kappa shape index (κ1) is 26.9. The van der Waals surface area contributed by atoms with E-state index in [0.29, 0.717) is 24.3 Å². The Labute approximate surface area is 196 Å². The van der Waals surface area contributed by atoms with E-state index in [4.69, 9.17) is 5.73 Å². The first-order chi connectivity index (χ1) is 14.1. The van der Waals surface area contributed by atoms with E-state index in [1.807, 2.05) is 36.4 Å². The maximum absolute atomic E-state index is 12.4. The average Bonchev–Trinajstić information content (AvgIpc) is 2.97. The number of likely N-dealkylation sites (tertiary alicyclic amines) is 1. The second-order valence-electron chi connectivity index (χ2n) is 7.60. The fourth-order valence-corrected chi connectivity index (χ4v) is 3.57. The molecular weight excluding hydrogens is 435 g/mol. The maximum Gasteiger partial charge on any atom is 0.241 e. The lowest BCUT2D eigenvalue weighted by Crippen LogP contribution is -2.37. The largest absolute Gasteiger partial charge is 0.325 e. The van der Waals surface area contributed by atoms with Crippen molar-refractivity contribution in [2.75, 3.05) is 30.3 Å². The Kier molecular flexibility index (Phi) is 12.2. The van der Waals surface area contributed by atoms with Crippen LogP contribution in [0.15, 0.2) is 54.6 Å².